The predicted octanol–water partition coefficient (Wildman–Crippen LogP) is -1.64. The van der Waals surface area contributed by atoms with Crippen LogP contribution in [-0.2, 0) is 28.4 Å². The maximum atomic E-state index is 11.9. The largest absolute Gasteiger partial charge is 0.396 e. The van der Waals surface area contributed by atoms with Crippen molar-refractivity contribution >= 4 is 0 Å². The Balaban J connectivity index is 0.926. The molecule has 0 aromatic rings. The van der Waals surface area contributed by atoms with Crippen LogP contribution in [0.2, 0.25) is 0 Å². The molecule has 0 bridgehead atoms. The van der Waals surface area contributed by atoms with Crippen molar-refractivity contribution in [2.45, 2.75) is 164 Å². The van der Waals surface area contributed by atoms with Gasteiger partial charge in [-0.1, -0.05) is 20.8 Å². The molecule has 4 heterocycles. The molecular formula is C39H64O16. The second kappa shape index (κ2) is 15.1. The summed E-state index contributed by atoms with van der Waals surface area (Å²) in [7, 11) is 0. The summed E-state index contributed by atoms with van der Waals surface area (Å²) in [6.45, 7) is 6.12. The van der Waals surface area contributed by atoms with E-state index in [1.54, 1.807) is 0 Å². The molecule has 10 N–H and O–H groups in total. The van der Waals surface area contributed by atoms with E-state index in [0.29, 0.717) is 37.7 Å². The molecule has 55 heavy (non-hydrogen) atoms. The molecule has 4 saturated heterocycles. The first-order valence-corrected chi connectivity index (χ1v) is 20.6. The molecular weight excluding hydrogens is 724 g/mol. The van der Waals surface area contributed by atoms with E-state index in [1.165, 1.54) is 0 Å². The van der Waals surface area contributed by atoms with E-state index in [1.807, 2.05) is 0 Å². The molecule has 1 spiro atoms. The number of ether oxygens (including phenoxy) is 6. The average Bonchev–Trinajstić information content (AvgIpc) is 3.61. The van der Waals surface area contributed by atoms with Crippen molar-refractivity contribution in [3.8, 4) is 0 Å². The molecule has 0 radical (unpaired) electrons. The van der Waals surface area contributed by atoms with Gasteiger partial charge in [-0.15, -0.1) is 0 Å². The molecule has 4 saturated carbocycles. The Morgan fingerprint density at radius 3 is 2.02 bits per heavy atom. The average molecular weight is 789 g/mol. The topological polar surface area (TPSA) is 258 Å². The number of rotatable bonds is 7. The summed E-state index contributed by atoms with van der Waals surface area (Å²) in [4.78, 5) is 0. The Hall–Kier alpha value is -0.640. The van der Waals surface area contributed by atoms with Crippen molar-refractivity contribution in [1.82, 2.24) is 0 Å². The molecule has 16 heteroatoms. The Morgan fingerprint density at radius 1 is 0.655 bits per heavy atom. The van der Waals surface area contributed by atoms with Crippen LogP contribution in [0.4, 0.5) is 0 Å². The lowest BCUT2D eigenvalue weighted by Crippen LogP contribution is -2.65. The molecule has 316 valence electrons. The van der Waals surface area contributed by atoms with Crippen LogP contribution < -0.4 is 0 Å². The number of aliphatic hydroxyl groups is 10. The zero-order valence-electron chi connectivity index (χ0n) is 32.0. The SMILES string of the molecule is C[C@H]1[C@H]2[C@H](C[C@H]3[C@@H]4C[C@@H](O)[C@H]5C[C@@H](O[C@@H]6O[C@H](CO)[C@H](O[C@@H]7O[C@H](CO)[C@@H](O)[C@H](O)[C@H]7O)[C@H](O)[C@H]6O)[C@H](O)C[C@]5(C)[C@H]4CC[C@]23C)O[C@]12CC[C@H](CO)CO2. The zero-order valence-corrected chi connectivity index (χ0v) is 32.0. The summed E-state index contributed by atoms with van der Waals surface area (Å²) in [6.07, 6.45) is -12.3. The Labute approximate surface area is 321 Å². The van der Waals surface area contributed by atoms with Crippen molar-refractivity contribution < 1.29 is 79.5 Å². The molecule has 0 aromatic heterocycles. The molecule has 4 aliphatic carbocycles. The Morgan fingerprint density at radius 2 is 1.35 bits per heavy atom. The summed E-state index contributed by atoms with van der Waals surface area (Å²) in [5.41, 5.74) is -0.361. The third-order valence-electron chi connectivity index (χ3n) is 16.3. The van der Waals surface area contributed by atoms with E-state index < -0.39 is 98.7 Å². The Bertz CT molecular complexity index is 1350. The van der Waals surface area contributed by atoms with Crippen LogP contribution in [0.15, 0.2) is 0 Å². The standard InChI is InChI=1S/C39H64O16/c1-16-28-25(55-39(16)7-4-17(12-40)15-50-39)9-20-18-8-22(43)21-10-24(23(44)11-38(21,3)19(18)5-6-37(20,28)2)51-35-33(49)31(47)34(27(14-42)53-35)54-36-32(48)30(46)29(45)26(13-41)52-36/h16-36,40-49H,4-15H2,1-3H3/t16-,17+,18+,19-,20-,21+,22+,23+,24+,25-,26+,27+,28-,29+,30-,31+,32+,33+,34-,35+,36-,37-,38+,39+/m0/s1. The van der Waals surface area contributed by atoms with Crippen LogP contribution in [-0.4, -0.2) is 169 Å². The lowest BCUT2D eigenvalue weighted by molar-refractivity contribution is -0.367. The van der Waals surface area contributed by atoms with Gasteiger partial charge in [0.25, 0.3) is 0 Å². The molecule has 8 aliphatic rings. The third-order valence-corrected chi connectivity index (χ3v) is 16.3. The van der Waals surface area contributed by atoms with Crippen LogP contribution >= 0.6 is 0 Å². The van der Waals surface area contributed by atoms with Crippen molar-refractivity contribution in [3.05, 3.63) is 0 Å². The summed E-state index contributed by atoms with van der Waals surface area (Å²) >= 11 is 0. The number of hydrogen-bond donors (Lipinski definition) is 10. The zero-order chi connectivity index (χ0) is 39.4. The Kier molecular flexibility index (Phi) is 11.3. The van der Waals surface area contributed by atoms with Crippen LogP contribution in [0.25, 0.3) is 0 Å². The second-order valence-electron chi connectivity index (χ2n) is 18.9. The molecule has 16 nitrogen and oxygen atoms in total. The van der Waals surface area contributed by atoms with Gasteiger partial charge in [-0.25, -0.2) is 0 Å². The highest BCUT2D eigenvalue weighted by Gasteiger charge is 2.70. The van der Waals surface area contributed by atoms with Gasteiger partial charge < -0.3 is 79.5 Å². The smallest absolute Gasteiger partial charge is 0.187 e. The first-order chi connectivity index (χ1) is 26.1. The summed E-state index contributed by atoms with van der Waals surface area (Å²) < 4.78 is 36.4. The summed E-state index contributed by atoms with van der Waals surface area (Å²) in [5.74, 6) is 0.780. The maximum absolute atomic E-state index is 11.9. The van der Waals surface area contributed by atoms with Gasteiger partial charge in [0.05, 0.1) is 44.2 Å². The van der Waals surface area contributed by atoms with Gasteiger partial charge in [0.15, 0.2) is 18.4 Å². The van der Waals surface area contributed by atoms with E-state index in [2.05, 4.69) is 20.8 Å². The fourth-order valence-corrected chi connectivity index (χ4v) is 13.4. The molecule has 8 fully saturated rings. The quantitative estimate of drug-likeness (QED) is 0.130. The molecule has 0 aromatic carbocycles. The van der Waals surface area contributed by atoms with Gasteiger partial charge in [0.2, 0.25) is 0 Å². The first-order valence-electron chi connectivity index (χ1n) is 20.6. The van der Waals surface area contributed by atoms with Crippen molar-refractivity contribution in [1.29, 1.82) is 0 Å². The number of aliphatic hydroxyl groups excluding tert-OH is 10. The first kappa shape index (κ1) is 41.1. The van der Waals surface area contributed by atoms with Crippen LogP contribution in [0.3, 0.4) is 0 Å². The van der Waals surface area contributed by atoms with E-state index in [9.17, 15) is 51.1 Å². The molecule has 8 rings (SSSR count). The summed E-state index contributed by atoms with van der Waals surface area (Å²) in [6, 6.07) is 0. The highest BCUT2D eigenvalue weighted by Crippen LogP contribution is 2.71. The molecule has 24 atom stereocenters. The van der Waals surface area contributed by atoms with E-state index >= 15 is 0 Å². The van der Waals surface area contributed by atoms with Gasteiger partial charge in [0, 0.05) is 24.9 Å². The van der Waals surface area contributed by atoms with E-state index in [-0.39, 0.29) is 53.1 Å². The van der Waals surface area contributed by atoms with Crippen molar-refractivity contribution in [3.63, 3.8) is 0 Å². The lowest BCUT2D eigenvalue weighted by atomic mass is 9.43. The predicted molar refractivity (Wildman–Crippen MR) is 187 cm³/mol. The molecule has 0 unspecified atom stereocenters. The highest BCUT2D eigenvalue weighted by atomic mass is 16.7. The number of hydrogen-bond acceptors (Lipinski definition) is 16. The second-order valence-corrected chi connectivity index (χ2v) is 18.9. The maximum Gasteiger partial charge on any atom is 0.187 e. The van der Waals surface area contributed by atoms with Gasteiger partial charge in [-0.05, 0) is 85.4 Å². The van der Waals surface area contributed by atoms with Gasteiger partial charge in [-0.2, -0.15) is 0 Å². The third kappa shape index (κ3) is 6.48. The van der Waals surface area contributed by atoms with Gasteiger partial charge >= 0.3 is 0 Å². The minimum Gasteiger partial charge on any atom is -0.396 e. The van der Waals surface area contributed by atoms with Crippen LogP contribution in [0.1, 0.15) is 72.1 Å². The van der Waals surface area contributed by atoms with Crippen LogP contribution in [0, 0.1) is 52.3 Å². The van der Waals surface area contributed by atoms with Crippen molar-refractivity contribution in [2.75, 3.05) is 26.4 Å². The minimum absolute atomic E-state index is 0.0245. The van der Waals surface area contributed by atoms with E-state index in [0.717, 1.165) is 32.1 Å². The lowest BCUT2D eigenvalue weighted by Gasteiger charge is -2.63. The van der Waals surface area contributed by atoms with Gasteiger partial charge in [-0.3, -0.25) is 0 Å². The van der Waals surface area contributed by atoms with Crippen LogP contribution in [0.5, 0.6) is 0 Å². The fraction of sp³-hybridized carbons (Fsp3) is 1.00. The monoisotopic (exact) mass is 788 g/mol. The number of fused-ring (bicyclic) bond motifs is 7. The molecule has 0 amide bonds. The highest BCUT2D eigenvalue weighted by molar-refractivity contribution is 5.17. The fourth-order valence-electron chi connectivity index (χ4n) is 13.4. The van der Waals surface area contributed by atoms with Gasteiger partial charge in [0.1, 0.15) is 48.8 Å². The minimum atomic E-state index is -1.78. The summed E-state index contributed by atoms with van der Waals surface area (Å²) in [5, 5.41) is 106. The molecule has 4 aliphatic heterocycles. The van der Waals surface area contributed by atoms with Crippen molar-refractivity contribution in [2.24, 2.45) is 52.3 Å². The van der Waals surface area contributed by atoms with E-state index in [4.69, 9.17) is 28.4 Å². The normalized spacial score (nSPS) is 59.2.